The first-order valence-corrected chi connectivity index (χ1v) is 12.5. The number of aromatic nitrogens is 4. The van der Waals surface area contributed by atoms with Crippen molar-refractivity contribution in [3.8, 4) is 28.1 Å². The molecule has 0 saturated carbocycles. The van der Waals surface area contributed by atoms with Crippen LogP contribution in [0, 0.1) is 17.6 Å². The van der Waals surface area contributed by atoms with E-state index in [0.717, 1.165) is 30.5 Å². The molecule has 1 aromatic carbocycles. The lowest BCUT2D eigenvalue weighted by molar-refractivity contribution is 0.229. The van der Waals surface area contributed by atoms with Crippen LogP contribution in [0.3, 0.4) is 0 Å². The average molecular weight is 528 g/mol. The zero-order valence-electron chi connectivity index (χ0n) is 20.1. The average Bonchev–Trinajstić information content (AvgIpc) is 3.60. The van der Waals surface area contributed by atoms with Gasteiger partial charge in [-0.2, -0.15) is 0 Å². The number of benzene rings is 1. The minimum Gasteiger partial charge on any atom is -0.496 e. The van der Waals surface area contributed by atoms with Gasteiger partial charge in [0.2, 0.25) is 4.96 Å². The van der Waals surface area contributed by atoms with E-state index < -0.39 is 11.6 Å². The number of nitrogens with zero attached hydrogens (tertiary/aromatic N) is 5. The van der Waals surface area contributed by atoms with E-state index in [4.69, 9.17) is 18.6 Å². The van der Waals surface area contributed by atoms with Crippen molar-refractivity contribution in [2.75, 3.05) is 38.8 Å². The van der Waals surface area contributed by atoms with E-state index in [-0.39, 0.29) is 11.7 Å². The molecule has 1 fully saturated rings. The second kappa shape index (κ2) is 9.51. The van der Waals surface area contributed by atoms with Gasteiger partial charge in [0.15, 0.2) is 17.4 Å². The Hall–Kier alpha value is -3.93. The van der Waals surface area contributed by atoms with E-state index in [1.54, 1.807) is 31.0 Å². The molecule has 9 nitrogen and oxygen atoms in total. The number of piperidine rings is 1. The van der Waals surface area contributed by atoms with Crippen LogP contribution in [0.1, 0.15) is 12.8 Å². The van der Waals surface area contributed by atoms with Gasteiger partial charge in [-0.25, -0.2) is 23.3 Å². The first-order chi connectivity index (χ1) is 18.0. The lowest BCUT2D eigenvalue weighted by atomic mass is 9.99. The Kier molecular flexibility index (Phi) is 6.03. The monoisotopic (exact) mass is 527 g/mol. The fraction of sp³-hybridized carbons (Fsp3) is 0.320. The van der Waals surface area contributed by atoms with E-state index in [1.807, 2.05) is 17.0 Å². The highest BCUT2D eigenvalue weighted by Gasteiger charge is 2.25. The zero-order chi connectivity index (χ0) is 25.5. The number of pyridine rings is 1. The minimum absolute atomic E-state index is 0.133. The smallest absolute Gasteiger partial charge is 0.294 e. The summed E-state index contributed by atoms with van der Waals surface area (Å²) in [7, 11) is 3.15. The van der Waals surface area contributed by atoms with E-state index in [2.05, 4.69) is 15.1 Å². The highest BCUT2D eigenvalue weighted by Crippen LogP contribution is 2.38. The van der Waals surface area contributed by atoms with Crippen molar-refractivity contribution >= 4 is 33.1 Å². The third-order valence-electron chi connectivity index (χ3n) is 6.34. The Morgan fingerprint density at radius 2 is 2.05 bits per heavy atom. The Balaban J connectivity index is 1.23. The van der Waals surface area contributed by atoms with Crippen molar-refractivity contribution < 1.29 is 27.4 Å². The van der Waals surface area contributed by atoms with Gasteiger partial charge in [0.1, 0.15) is 28.6 Å². The van der Waals surface area contributed by atoms with Crippen molar-refractivity contribution in [1.29, 1.82) is 0 Å². The summed E-state index contributed by atoms with van der Waals surface area (Å²) in [5, 5.41) is 5.62. The molecule has 1 saturated heterocycles. The summed E-state index contributed by atoms with van der Waals surface area (Å²) in [6, 6.07) is 6.37. The van der Waals surface area contributed by atoms with Crippen LogP contribution in [0.25, 0.3) is 27.4 Å². The third-order valence-corrected chi connectivity index (χ3v) is 7.23. The number of ether oxygens (including phenoxy) is 3. The Morgan fingerprint density at radius 3 is 2.84 bits per heavy atom. The maximum absolute atomic E-state index is 14.3. The summed E-state index contributed by atoms with van der Waals surface area (Å²) in [5.74, 6) is 0.749. The molecule has 0 bridgehead atoms. The molecule has 37 heavy (non-hydrogen) atoms. The quantitative estimate of drug-likeness (QED) is 0.286. The molecule has 0 spiro atoms. The first-order valence-electron chi connectivity index (χ1n) is 11.7. The van der Waals surface area contributed by atoms with Gasteiger partial charge in [0.25, 0.3) is 5.19 Å². The first kappa shape index (κ1) is 23.5. The van der Waals surface area contributed by atoms with Gasteiger partial charge in [0, 0.05) is 37.2 Å². The molecule has 0 aliphatic carbocycles. The van der Waals surface area contributed by atoms with E-state index >= 15 is 0 Å². The van der Waals surface area contributed by atoms with Crippen LogP contribution >= 0.6 is 11.3 Å². The van der Waals surface area contributed by atoms with Crippen LogP contribution in [0.4, 0.5) is 14.6 Å². The Labute approximate surface area is 214 Å². The SMILES string of the molecule is COc1cc(OCC2CCCN(c3ncc(F)cc3F)C2)c2cc(-c3cn4nc(OC)sc4n3)oc2c1. The highest BCUT2D eigenvalue weighted by molar-refractivity contribution is 7.18. The van der Waals surface area contributed by atoms with Crippen molar-refractivity contribution in [2.45, 2.75) is 12.8 Å². The molecule has 1 aliphatic rings. The number of hydrogen-bond donors (Lipinski definition) is 0. The van der Waals surface area contributed by atoms with Gasteiger partial charge in [-0.05, 0) is 30.2 Å². The predicted octanol–water partition coefficient (Wildman–Crippen LogP) is 5.19. The van der Waals surface area contributed by atoms with Crippen LogP contribution in [0.2, 0.25) is 0 Å². The van der Waals surface area contributed by atoms with Gasteiger partial charge >= 0.3 is 0 Å². The summed E-state index contributed by atoms with van der Waals surface area (Å²) in [4.78, 5) is 11.1. The van der Waals surface area contributed by atoms with E-state index in [9.17, 15) is 8.78 Å². The van der Waals surface area contributed by atoms with Gasteiger partial charge in [-0.1, -0.05) is 0 Å². The van der Waals surface area contributed by atoms with Gasteiger partial charge < -0.3 is 23.5 Å². The van der Waals surface area contributed by atoms with E-state index in [0.29, 0.717) is 58.4 Å². The second-order valence-electron chi connectivity index (χ2n) is 8.80. The number of halogens is 2. The Morgan fingerprint density at radius 1 is 1.16 bits per heavy atom. The molecule has 5 heterocycles. The topological polar surface area (TPSA) is 87.2 Å². The van der Waals surface area contributed by atoms with Crippen LogP contribution in [0.15, 0.2) is 41.1 Å². The zero-order valence-corrected chi connectivity index (χ0v) is 20.9. The van der Waals surface area contributed by atoms with Crippen molar-refractivity contribution in [1.82, 2.24) is 19.6 Å². The molecular formula is C25H23F2N5O4S. The van der Waals surface area contributed by atoms with Gasteiger partial charge in [0.05, 0.1) is 38.6 Å². The van der Waals surface area contributed by atoms with Crippen LogP contribution in [-0.2, 0) is 0 Å². The molecule has 12 heteroatoms. The molecule has 192 valence electrons. The van der Waals surface area contributed by atoms with Crippen LogP contribution in [-0.4, -0.2) is 53.5 Å². The summed E-state index contributed by atoms with van der Waals surface area (Å²) in [5.41, 5.74) is 1.24. The molecule has 1 aliphatic heterocycles. The van der Waals surface area contributed by atoms with Gasteiger partial charge in [-0.3, -0.25) is 0 Å². The molecule has 1 atom stereocenters. The highest BCUT2D eigenvalue weighted by atomic mass is 32.1. The number of fused-ring (bicyclic) bond motifs is 2. The maximum Gasteiger partial charge on any atom is 0.294 e. The van der Waals surface area contributed by atoms with Crippen molar-refractivity contribution in [3.63, 3.8) is 0 Å². The number of rotatable bonds is 7. The van der Waals surface area contributed by atoms with Gasteiger partial charge in [-0.15, -0.1) is 5.10 Å². The summed E-state index contributed by atoms with van der Waals surface area (Å²) in [6.07, 6.45) is 4.60. The molecule has 4 aromatic heterocycles. The predicted molar refractivity (Wildman–Crippen MR) is 134 cm³/mol. The normalized spacial score (nSPS) is 16.0. The Bertz CT molecular complexity index is 1550. The molecule has 6 rings (SSSR count). The van der Waals surface area contributed by atoms with E-state index in [1.165, 1.54) is 11.3 Å². The maximum atomic E-state index is 14.3. The summed E-state index contributed by atoms with van der Waals surface area (Å²) >= 11 is 1.33. The molecule has 0 radical (unpaired) electrons. The number of anilines is 1. The molecule has 1 unspecified atom stereocenters. The third kappa shape index (κ3) is 4.52. The minimum atomic E-state index is -0.689. The van der Waals surface area contributed by atoms with Crippen molar-refractivity contribution in [3.05, 3.63) is 48.3 Å². The fourth-order valence-electron chi connectivity index (χ4n) is 4.57. The van der Waals surface area contributed by atoms with Crippen molar-refractivity contribution in [2.24, 2.45) is 5.92 Å². The van der Waals surface area contributed by atoms with Crippen LogP contribution < -0.4 is 19.1 Å². The lowest BCUT2D eigenvalue weighted by Gasteiger charge is -2.33. The lowest BCUT2D eigenvalue weighted by Crippen LogP contribution is -2.38. The summed E-state index contributed by atoms with van der Waals surface area (Å²) < 4.78 is 52.2. The number of furan rings is 1. The number of methoxy groups -OCH3 is 2. The largest absolute Gasteiger partial charge is 0.496 e. The number of hydrogen-bond acceptors (Lipinski definition) is 9. The fourth-order valence-corrected chi connectivity index (χ4v) is 5.27. The second-order valence-corrected chi connectivity index (χ2v) is 9.72. The molecule has 0 N–H and O–H groups in total. The molecule has 0 amide bonds. The number of imidazole rings is 1. The molecule has 5 aromatic rings. The molecular weight excluding hydrogens is 504 g/mol. The van der Waals surface area contributed by atoms with Crippen LogP contribution in [0.5, 0.6) is 16.7 Å². The summed E-state index contributed by atoms with van der Waals surface area (Å²) in [6.45, 7) is 1.62. The standard InChI is InChI=1S/C25H23F2N5O4S/c1-33-16-7-20(35-13-14-4-3-5-31(11-14)23-18(27)6-15(26)10-28-23)17-9-22(36-21(17)8-16)19-12-32-24(29-19)37-25(30-32)34-2/h6-10,12,14H,3-5,11,13H2,1-2H3.